The van der Waals surface area contributed by atoms with Crippen LogP contribution in [0.5, 0.6) is 0 Å². The summed E-state index contributed by atoms with van der Waals surface area (Å²) in [6.07, 6.45) is 7.81. The lowest BCUT2D eigenvalue weighted by molar-refractivity contribution is 0.0586. The fourth-order valence-corrected chi connectivity index (χ4v) is 2.83. The summed E-state index contributed by atoms with van der Waals surface area (Å²) in [5, 5.41) is 13.9. The smallest absolute Gasteiger partial charge is 0.178 e. The van der Waals surface area contributed by atoms with E-state index in [-0.39, 0.29) is 16.9 Å². The molecule has 2 atom stereocenters. The molecule has 0 bridgehead atoms. The third kappa shape index (κ3) is 3.07. The molecule has 17 heavy (non-hydrogen) atoms. The van der Waals surface area contributed by atoms with E-state index in [1.165, 1.54) is 18.6 Å². The summed E-state index contributed by atoms with van der Waals surface area (Å²) in [6.45, 7) is 0.594. The first-order valence-electron chi connectivity index (χ1n) is 5.87. The number of nitrogens with zero attached hydrogens (tertiary/aromatic N) is 2. The number of aromatic nitrogens is 2. The van der Waals surface area contributed by atoms with Crippen LogP contribution in [0.4, 0.5) is 0 Å². The molecule has 6 heteroatoms. The topological polar surface area (TPSA) is 72.2 Å². The summed E-state index contributed by atoms with van der Waals surface area (Å²) < 4.78 is 24.2. The van der Waals surface area contributed by atoms with Crippen LogP contribution in [-0.2, 0) is 16.4 Å². The highest BCUT2D eigenvalue weighted by Crippen LogP contribution is 2.25. The second-order valence-electron chi connectivity index (χ2n) is 4.78. The average Bonchev–Trinajstić information content (AvgIpc) is 2.69. The van der Waals surface area contributed by atoms with E-state index in [2.05, 4.69) is 5.10 Å². The van der Waals surface area contributed by atoms with E-state index in [9.17, 15) is 13.5 Å². The Morgan fingerprint density at radius 1 is 1.47 bits per heavy atom. The number of hydrogen-bond acceptors (Lipinski definition) is 4. The van der Waals surface area contributed by atoms with Gasteiger partial charge in [0.2, 0.25) is 0 Å². The van der Waals surface area contributed by atoms with E-state index in [1.807, 2.05) is 0 Å². The largest absolute Gasteiger partial charge is 0.393 e. The molecule has 5 nitrogen and oxygen atoms in total. The highest BCUT2D eigenvalue weighted by atomic mass is 32.2. The van der Waals surface area contributed by atoms with Gasteiger partial charge in [-0.25, -0.2) is 8.42 Å². The number of sulfone groups is 1. The van der Waals surface area contributed by atoms with E-state index in [4.69, 9.17) is 0 Å². The maximum Gasteiger partial charge on any atom is 0.178 e. The summed E-state index contributed by atoms with van der Waals surface area (Å²) >= 11 is 0. The zero-order valence-electron chi connectivity index (χ0n) is 9.91. The monoisotopic (exact) mass is 258 g/mol. The van der Waals surface area contributed by atoms with Crippen molar-refractivity contribution in [2.45, 2.75) is 43.2 Å². The minimum absolute atomic E-state index is 0.191. The minimum atomic E-state index is -3.18. The van der Waals surface area contributed by atoms with Crippen LogP contribution >= 0.6 is 0 Å². The summed E-state index contributed by atoms with van der Waals surface area (Å²) in [6, 6.07) is 0. The third-order valence-corrected chi connectivity index (χ3v) is 4.40. The number of aliphatic hydroxyl groups is 1. The molecule has 1 fully saturated rings. The van der Waals surface area contributed by atoms with Crippen LogP contribution in [0.15, 0.2) is 17.3 Å². The fourth-order valence-electron chi connectivity index (χ4n) is 2.28. The Kier molecular flexibility index (Phi) is 3.53. The van der Waals surface area contributed by atoms with Crippen LogP contribution < -0.4 is 0 Å². The summed E-state index contributed by atoms with van der Waals surface area (Å²) in [4.78, 5) is 0.239. The van der Waals surface area contributed by atoms with Crippen molar-refractivity contribution in [2.24, 2.45) is 5.92 Å². The second kappa shape index (κ2) is 4.78. The Balaban J connectivity index is 2.06. The Bertz CT molecular complexity index is 481. The van der Waals surface area contributed by atoms with Crippen molar-refractivity contribution in [1.29, 1.82) is 0 Å². The van der Waals surface area contributed by atoms with Gasteiger partial charge in [-0.15, -0.1) is 0 Å². The molecule has 1 aliphatic rings. The molecule has 0 amide bonds. The molecule has 0 aromatic carbocycles. The molecule has 1 saturated carbocycles. The van der Waals surface area contributed by atoms with Crippen LogP contribution in [0.25, 0.3) is 0 Å². The van der Waals surface area contributed by atoms with E-state index in [1.54, 1.807) is 4.68 Å². The fraction of sp³-hybridized carbons (Fsp3) is 0.727. The van der Waals surface area contributed by atoms with Gasteiger partial charge in [0.25, 0.3) is 0 Å². The van der Waals surface area contributed by atoms with Gasteiger partial charge in [0.1, 0.15) is 4.90 Å². The Labute approximate surface area is 101 Å². The zero-order chi connectivity index (χ0) is 12.5. The van der Waals surface area contributed by atoms with Gasteiger partial charge >= 0.3 is 0 Å². The van der Waals surface area contributed by atoms with Gasteiger partial charge in [-0.2, -0.15) is 5.10 Å². The van der Waals surface area contributed by atoms with Crippen LogP contribution in [0.3, 0.4) is 0 Å². The first-order chi connectivity index (χ1) is 7.97. The molecule has 0 radical (unpaired) electrons. The highest BCUT2D eigenvalue weighted by molar-refractivity contribution is 7.90. The van der Waals surface area contributed by atoms with Gasteiger partial charge < -0.3 is 5.11 Å². The normalized spacial score (nSPS) is 26.0. The first kappa shape index (κ1) is 12.6. The Hall–Kier alpha value is -0.880. The van der Waals surface area contributed by atoms with Crippen molar-refractivity contribution in [2.75, 3.05) is 6.26 Å². The molecular formula is C11H18N2O3S. The van der Waals surface area contributed by atoms with Crippen LogP contribution in [0.2, 0.25) is 0 Å². The lowest BCUT2D eigenvalue weighted by Gasteiger charge is -2.27. The average molecular weight is 258 g/mol. The molecular weight excluding hydrogens is 240 g/mol. The lowest BCUT2D eigenvalue weighted by Crippen LogP contribution is -2.28. The van der Waals surface area contributed by atoms with Crippen molar-refractivity contribution in [3.05, 3.63) is 12.4 Å². The predicted octanol–water partition coefficient (Wildman–Crippen LogP) is 0.838. The quantitative estimate of drug-likeness (QED) is 0.872. The lowest BCUT2D eigenvalue weighted by atomic mass is 9.86. The van der Waals surface area contributed by atoms with Crippen molar-refractivity contribution in [3.63, 3.8) is 0 Å². The highest BCUT2D eigenvalue weighted by Gasteiger charge is 2.23. The number of rotatable bonds is 3. The molecule has 2 unspecified atom stereocenters. The molecule has 1 heterocycles. The molecule has 1 aromatic rings. The van der Waals surface area contributed by atoms with Gasteiger partial charge in [0, 0.05) is 24.9 Å². The summed E-state index contributed by atoms with van der Waals surface area (Å²) in [7, 11) is -3.18. The molecule has 0 saturated heterocycles. The third-order valence-electron chi connectivity index (χ3n) is 3.33. The van der Waals surface area contributed by atoms with Crippen LogP contribution in [0, 0.1) is 5.92 Å². The molecule has 1 N–H and O–H groups in total. The Morgan fingerprint density at radius 2 is 2.18 bits per heavy atom. The SMILES string of the molecule is CS(=O)(=O)c1cnn(CC2CCCCC2O)c1. The standard InChI is InChI=1S/C11H18N2O3S/c1-17(15,16)10-6-12-13(8-10)7-9-4-2-3-5-11(9)14/h6,8-9,11,14H,2-5,7H2,1H3. The van der Waals surface area contributed by atoms with E-state index >= 15 is 0 Å². The van der Waals surface area contributed by atoms with Gasteiger partial charge in [-0.05, 0) is 12.8 Å². The second-order valence-corrected chi connectivity index (χ2v) is 6.80. The predicted molar refractivity (Wildman–Crippen MR) is 63.3 cm³/mol. The van der Waals surface area contributed by atoms with Crippen molar-refractivity contribution >= 4 is 9.84 Å². The van der Waals surface area contributed by atoms with Crippen molar-refractivity contribution < 1.29 is 13.5 Å². The van der Waals surface area contributed by atoms with Gasteiger partial charge in [0.05, 0.1) is 12.3 Å². The van der Waals surface area contributed by atoms with Crippen molar-refractivity contribution in [3.8, 4) is 0 Å². The van der Waals surface area contributed by atoms with E-state index in [0.717, 1.165) is 25.7 Å². The van der Waals surface area contributed by atoms with E-state index < -0.39 is 9.84 Å². The van der Waals surface area contributed by atoms with Crippen LogP contribution in [-0.4, -0.2) is 35.7 Å². The molecule has 2 rings (SSSR count). The molecule has 1 aliphatic carbocycles. The summed E-state index contributed by atoms with van der Waals surface area (Å²) in [5.74, 6) is 0.191. The molecule has 1 aromatic heterocycles. The maximum atomic E-state index is 11.3. The number of aliphatic hydroxyl groups excluding tert-OH is 1. The van der Waals surface area contributed by atoms with Gasteiger partial charge in [0.15, 0.2) is 9.84 Å². The first-order valence-corrected chi connectivity index (χ1v) is 7.76. The molecule has 96 valence electrons. The maximum absolute atomic E-state index is 11.3. The zero-order valence-corrected chi connectivity index (χ0v) is 10.7. The van der Waals surface area contributed by atoms with Crippen LogP contribution in [0.1, 0.15) is 25.7 Å². The minimum Gasteiger partial charge on any atom is -0.393 e. The Morgan fingerprint density at radius 3 is 2.76 bits per heavy atom. The van der Waals surface area contributed by atoms with Gasteiger partial charge in [-0.3, -0.25) is 4.68 Å². The van der Waals surface area contributed by atoms with Crippen molar-refractivity contribution in [1.82, 2.24) is 9.78 Å². The van der Waals surface area contributed by atoms with E-state index in [0.29, 0.717) is 6.54 Å². The van der Waals surface area contributed by atoms with Gasteiger partial charge in [-0.1, -0.05) is 12.8 Å². The molecule has 0 spiro atoms. The summed E-state index contributed by atoms with van der Waals surface area (Å²) in [5.41, 5.74) is 0. The number of hydrogen-bond donors (Lipinski definition) is 1. The molecule has 0 aliphatic heterocycles.